The Balaban J connectivity index is 1.61. The van der Waals surface area contributed by atoms with Crippen LogP contribution in [0.3, 0.4) is 0 Å². The molecule has 0 radical (unpaired) electrons. The molecule has 0 saturated heterocycles. The predicted molar refractivity (Wildman–Crippen MR) is 139 cm³/mol. The fourth-order valence-corrected chi connectivity index (χ4v) is 4.41. The summed E-state index contributed by atoms with van der Waals surface area (Å²) in [6.07, 6.45) is 2.63. The number of fused-ring (bicyclic) bond motifs is 1. The van der Waals surface area contributed by atoms with E-state index in [9.17, 15) is 9.90 Å². The molecule has 0 spiro atoms. The molecule has 0 fully saturated rings. The number of carbonyl (C=O) groups excluding carboxylic acids is 1. The van der Waals surface area contributed by atoms with E-state index in [0.717, 1.165) is 39.9 Å². The van der Waals surface area contributed by atoms with Gasteiger partial charge in [0.15, 0.2) is 0 Å². The summed E-state index contributed by atoms with van der Waals surface area (Å²) < 4.78 is 13.3. The molecule has 35 heavy (non-hydrogen) atoms. The van der Waals surface area contributed by atoms with Crippen molar-refractivity contribution < 1.29 is 19.4 Å². The second-order valence-electron chi connectivity index (χ2n) is 8.39. The average Bonchev–Trinajstić information content (AvgIpc) is 3.26. The first-order valence-corrected chi connectivity index (χ1v) is 12.0. The number of benzene rings is 3. The number of hydrogen-bond donors (Lipinski definition) is 2. The number of nitrogens with zero attached hydrogens (tertiary/aromatic N) is 1. The summed E-state index contributed by atoms with van der Waals surface area (Å²) in [6.45, 7) is 5.12. The summed E-state index contributed by atoms with van der Waals surface area (Å²) in [4.78, 5) is 13.4. The lowest BCUT2D eigenvalue weighted by atomic mass is 10.0. The van der Waals surface area contributed by atoms with Crippen LogP contribution in [-0.4, -0.2) is 41.9 Å². The summed E-state index contributed by atoms with van der Waals surface area (Å²) in [6, 6.07) is 21.0. The lowest BCUT2D eigenvalue weighted by Crippen LogP contribution is -2.39. The highest BCUT2D eigenvalue weighted by Crippen LogP contribution is 2.29. The zero-order chi connectivity index (χ0) is 24.8. The minimum Gasteiger partial charge on any atom is -0.497 e. The molecule has 0 bridgehead atoms. The normalized spacial score (nSPS) is 11.9. The van der Waals surface area contributed by atoms with E-state index in [2.05, 4.69) is 35.1 Å². The summed E-state index contributed by atoms with van der Waals surface area (Å²) >= 11 is 0. The van der Waals surface area contributed by atoms with Gasteiger partial charge in [-0.25, -0.2) is 0 Å². The van der Waals surface area contributed by atoms with Crippen molar-refractivity contribution in [1.29, 1.82) is 0 Å². The van der Waals surface area contributed by atoms with E-state index in [1.54, 1.807) is 7.11 Å². The Bertz CT molecular complexity index is 1310. The number of hydrogen-bond acceptors (Lipinski definition) is 4. The topological polar surface area (TPSA) is 72.7 Å². The van der Waals surface area contributed by atoms with Crippen molar-refractivity contribution in [3.63, 3.8) is 0 Å². The number of aryl methyl sites for hydroxylation is 1. The van der Waals surface area contributed by atoms with Crippen LogP contribution in [0.1, 0.15) is 29.8 Å². The van der Waals surface area contributed by atoms with Crippen LogP contribution in [-0.2, 0) is 13.0 Å². The van der Waals surface area contributed by atoms with Crippen LogP contribution in [0.4, 0.5) is 0 Å². The summed E-state index contributed by atoms with van der Waals surface area (Å²) in [5, 5.41) is 14.3. The fourth-order valence-electron chi connectivity index (χ4n) is 4.41. The molecular weight excluding hydrogens is 440 g/mol. The third kappa shape index (κ3) is 5.33. The number of para-hydroxylation sites is 1. The zero-order valence-corrected chi connectivity index (χ0v) is 20.5. The quantitative estimate of drug-likeness (QED) is 0.338. The van der Waals surface area contributed by atoms with Gasteiger partial charge in [0, 0.05) is 23.6 Å². The van der Waals surface area contributed by atoms with Gasteiger partial charge in [0.05, 0.1) is 31.9 Å². The van der Waals surface area contributed by atoms with Gasteiger partial charge in [-0.1, -0.05) is 36.4 Å². The molecule has 2 N–H and O–H groups in total. The first-order valence-electron chi connectivity index (χ1n) is 12.0. The molecule has 6 heteroatoms. The molecule has 1 atom stereocenters. The zero-order valence-electron chi connectivity index (χ0n) is 20.5. The van der Waals surface area contributed by atoms with E-state index in [1.165, 1.54) is 0 Å². The van der Waals surface area contributed by atoms with Gasteiger partial charge >= 0.3 is 0 Å². The third-order valence-corrected chi connectivity index (χ3v) is 6.16. The maximum absolute atomic E-state index is 13.4. The number of ether oxygens (including phenoxy) is 2. The molecule has 1 aromatic heterocycles. The molecule has 0 aliphatic heterocycles. The number of methoxy groups -OCH3 is 1. The molecule has 4 aromatic rings. The highest BCUT2D eigenvalue weighted by molar-refractivity contribution is 5.98. The molecule has 0 aliphatic rings. The molecule has 0 saturated carbocycles. The van der Waals surface area contributed by atoms with Crippen LogP contribution in [0.15, 0.2) is 72.9 Å². The first kappa shape index (κ1) is 24.4. The highest BCUT2D eigenvalue weighted by Gasteiger charge is 2.20. The van der Waals surface area contributed by atoms with Gasteiger partial charge in [0.2, 0.25) is 0 Å². The standard InChI is InChI=1S/C29H32N2O4/c1-4-31-18-22(25-11-6-7-12-27(25)31)15-23(19-32)30-29(33)26-17-21(13-14-28(26)35-5-2)20-9-8-10-24(16-20)34-3/h6-14,16-18,23,32H,4-5,15,19H2,1-3H3,(H,30,33)/t23-/m1/s1. The van der Waals surface area contributed by atoms with E-state index in [1.807, 2.05) is 61.5 Å². The van der Waals surface area contributed by atoms with Crippen molar-refractivity contribution in [3.8, 4) is 22.6 Å². The fraction of sp³-hybridized carbons (Fsp3) is 0.276. The Morgan fingerprint density at radius 1 is 1.03 bits per heavy atom. The van der Waals surface area contributed by atoms with Crippen molar-refractivity contribution in [2.24, 2.45) is 0 Å². The molecule has 6 nitrogen and oxygen atoms in total. The van der Waals surface area contributed by atoms with Gasteiger partial charge < -0.3 is 24.5 Å². The Hall–Kier alpha value is -3.77. The van der Waals surface area contributed by atoms with Crippen LogP contribution in [0.25, 0.3) is 22.0 Å². The van der Waals surface area contributed by atoms with Crippen molar-refractivity contribution in [2.75, 3.05) is 20.3 Å². The smallest absolute Gasteiger partial charge is 0.255 e. The Morgan fingerprint density at radius 3 is 2.57 bits per heavy atom. The third-order valence-electron chi connectivity index (χ3n) is 6.16. The number of nitrogens with one attached hydrogen (secondary N) is 1. The van der Waals surface area contributed by atoms with Crippen LogP contribution in [0, 0.1) is 0 Å². The highest BCUT2D eigenvalue weighted by atomic mass is 16.5. The lowest BCUT2D eigenvalue weighted by Gasteiger charge is -2.18. The Kier molecular flexibility index (Phi) is 7.73. The van der Waals surface area contributed by atoms with Crippen molar-refractivity contribution in [2.45, 2.75) is 32.9 Å². The van der Waals surface area contributed by atoms with E-state index >= 15 is 0 Å². The van der Waals surface area contributed by atoms with Gasteiger partial charge in [-0.15, -0.1) is 0 Å². The van der Waals surface area contributed by atoms with Crippen molar-refractivity contribution in [3.05, 3.63) is 84.1 Å². The SMILES string of the molecule is CCOc1ccc(-c2cccc(OC)c2)cc1C(=O)N[C@@H](CO)Cc1cn(CC)c2ccccc12. The van der Waals surface area contributed by atoms with E-state index in [0.29, 0.717) is 24.3 Å². The van der Waals surface area contributed by atoms with Gasteiger partial charge in [-0.3, -0.25) is 4.79 Å². The van der Waals surface area contributed by atoms with Crippen LogP contribution in [0.5, 0.6) is 11.5 Å². The summed E-state index contributed by atoms with van der Waals surface area (Å²) in [5.74, 6) is 0.973. The van der Waals surface area contributed by atoms with Crippen molar-refractivity contribution >= 4 is 16.8 Å². The van der Waals surface area contributed by atoms with Crippen LogP contribution >= 0.6 is 0 Å². The van der Waals surface area contributed by atoms with Gasteiger partial charge in [0.25, 0.3) is 5.91 Å². The predicted octanol–water partition coefficient (Wildman–Crippen LogP) is 5.07. The maximum atomic E-state index is 13.4. The number of aliphatic hydroxyl groups excluding tert-OH is 1. The van der Waals surface area contributed by atoms with Gasteiger partial charge in [-0.05, 0) is 67.3 Å². The second kappa shape index (κ2) is 11.1. The van der Waals surface area contributed by atoms with E-state index in [-0.39, 0.29) is 12.5 Å². The summed E-state index contributed by atoms with van der Waals surface area (Å²) in [7, 11) is 1.63. The van der Waals surface area contributed by atoms with Gasteiger partial charge in [0.1, 0.15) is 11.5 Å². The maximum Gasteiger partial charge on any atom is 0.255 e. The van der Waals surface area contributed by atoms with E-state index in [4.69, 9.17) is 9.47 Å². The Morgan fingerprint density at radius 2 is 1.83 bits per heavy atom. The lowest BCUT2D eigenvalue weighted by molar-refractivity contribution is 0.0913. The minimum absolute atomic E-state index is 0.170. The molecule has 3 aromatic carbocycles. The van der Waals surface area contributed by atoms with Crippen molar-refractivity contribution in [1.82, 2.24) is 9.88 Å². The molecule has 1 heterocycles. The average molecular weight is 473 g/mol. The van der Waals surface area contributed by atoms with Crippen LogP contribution in [0.2, 0.25) is 0 Å². The largest absolute Gasteiger partial charge is 0.497 e. The molecule has 4 rings (SSSR count). The molecule has 1 amide bonds. The number of amides is 1. The first-order chi connectivity index (χ1) is 17.1. The molecule has 0 unspecified atom stereocenters. The van der Waals surface area contributed by atoms with E-state index < -0.39 is 6.04 Å². The molecule has 0 aliphatic carbocycles. The Labute approximate surface area is 206 Å². The molecular formula is C29H32N2O4. The van der Waals surface area contributed by atoms with Gasteiger partial charge in [-0.2, -0.15) is 0 Å². The monoisotopic (exact) mass is 472 g/mol. The molecule has 182 valence electrons. The number of carbonyl (C=O) groups is 1. The number of rotatable bonds is 10. The summed E-state index contributed by atoms with van der Waals surface area (Å²) in [5.41, 5.74) is 4.49. The second-order valence-corrected chi connectivity index (χ2v) is 8.39. The number of aromatic nitrogens is 1. The van der Waals surface area contributed by atoms with Crippen LogP contribution < -0.4 is 14.8 Å². The number of aliphatic hydroxyl groups is 1. The minimum atomic E-state index is -0.437.